The van der Waals surface area contributed by atoms with Crippen LogP contribution in [0.5, 0.6) is 0 Å². The van der Waals surface area contributed by atoms with E-state index in [0.717, 1.165) is 6.42 Å². The smallest absolute Gasteiger partial charge is 0.303 e. The highest BCUT2D eigenvalue weighted by molar-refractivity contribution is 5.79. The maximum Gasteiger partial charge on any atom is 0.303 e. The largest absolute Gasteiger partial charge is 0.481 e. The second-order valence-electron chi connectivity index (χ2n) is 4.77. The summed E-state index contributed by atoms with van der Waals surface area (Å²) in [4.78, 5) is 22.1. The summed E-state index contributed by atoms with van der Waals surface area (Å²) in [7, 11) is 0. The zero-order valence-corrected chi connectivity index (χ0v) is 10.4. The van der Waals surface area contributed by atoms with Gasteiger partial charge in [0.1, 0.15) is 0 Å². The van der Waals surface area contributed by atoms with E-state index in [1.165, 1.54) is 0 Å². The van der Waals surface area contributed by atoms with Crippen molar-refractivity contribution in [2.45, 2.75) is 51.7 Å². The summed E-state index contributed by atoms with van der Waals surface area (Å²) in [6.45, 7) is 4.36. The molecule has 2 N–H and O–H groups in total. The van der Waals surface area contributed by atoms with E-state index >= 15 is 0 Å². The first-order valence-corrected chi connectivity index (χ1v) is 6.12. The van der Waals surface area contributed by atoms with E-state index in [0.29, 0.717) is 19.4 Å². The average molecular weight is 243 g/mol. The zero-order valence-electron chi connectivity index (χ0n) is 10.4. The maximum atomic E-state index is 11.8. The van der Waals surface area contributed by atoms with E-state index in [2.05, 4.69) is 5.32 Å². The predicted octanol–water partition coefficient (Wildman–Crippen LogP) is 1.17. The van der Waals surface area contributed by atoms with Crippen LogP contribution in [0.15, 0.2) is 0 Å². The molecule has 1 heterocycles. The van der Waals surface area contributed by atoms with Crippen molar-refractivity contribution in [1.82, 2.24) is 5.32 Å². The quantitative estimate of drug-likeness (QED) is 0.734. The van der Waals surface area contributed by atoms with Gasteiger partial charge in [-0.1, -0.05) is 0 Å². The van der Waals surface area contributed by atoms with Crippen LogP contribution < -0.4 is 5.32 Å². The molecule has 0 radical (unpaired) electrons. The Kier molecular flexibility index (Phi) is 5.41. The molecule has 3 atom stereocenters. The monoisotopic (exact) mass is 243 g/mol. The number of amides is 1. The minimum atomic E-state index is -0.790. The SMILES string of the molecule is CC(CCCC(=O)O)NC(=O)C1COC(C)C1. The lowest BCUT2D eigenvalue weighted by molar-refractivity contribution is -0.137. The lowest BCUT2D eigenvalue weighted by Gasteiger charge is -2.15. The number of carboxylic acid groups (broad SMARTS) is 1. The molecule has 0 aromatic rings. The van der Waals surface area contributed by atoms with Crippen LogP contribution >= 0.6 is 0 Å². The average Bonchev–Trinajstić information content (AvgIpc) is 2.64. The molecular weight excluding hydrogens is 222 g/mol. The molecule has 0 aromatic heterocycles. The molecule has 1 aliphatic rings. The Morgan fingerprint density at radius 3 is 2.76 bits per heavy atom. The molecule has 1 fully saturated rings. The summed E-state index contributed by atoms with van der Waals surface area (Å²) in [6.07, 6.45) is 2.38. The molecule has 5 heteroatoms. The van der Waals surface area contributed by atoms with Crippen molar-refractivity contribution in [3.63, 3.8) is 0 Å². The van der Waals surface area contributed by atoms with Crippen molar-refractivity contribution < 1.29 is 19.4 Å². The Hall–Kier alpha value is -1.10. The van der Waals surface area contributed by atoms with Gasteiger partial charge in [0, 0.05) is 12.5 Å². The third-order valence-electron chi connectivity index (χ3n) is 2.99. The van der Waals surface area contributed by atoms with E-state index in [1.807, 2.05) is 13.8 Å². The van der Waals surface area contributed by atoms with Crippen LogP contribution in [-0.4, -0.2) is 35.7 Å². The molecule has 1 rings (SSSR count). The first-order valence-electron chi connectivity index (χ1n) is 6.12. The second kappa shape index (κ2) is 6.59. The number of hydrogen-bond donors (Lipinski definition) is 2. The van der Waals surface area contributed by atoms with Crippen molar-refractivity contribution in [2.24, 2.45) is 5.92 Å². The fourth-order valence-electron chi connectivity index (χ4n) is 1.99. The Morgan fingerprint density at radius 1 is 1.53 bits per heavy atom. The third kappa shape index (κ3) is 5.17. The van der Waals surface area contributed by atoms with E-state index in [1.54, 1.807) is 0 Å². The normalized spacial score (nSPS) is 25.5. The van der Waals surface area contributed by atoms with E-state index < -0.39 is 5.97 Å². The minimum Gasteiger partial charge on any atom is -0.481 e. The summed E-state index contributed by atoms with van der Waals surface area (Å²) in [5, 5.41) is 11.4. The van der Waals surface area contributed by atoms with Crippen molar-refractivity contribution >= 4 is 11.9 Å². The summed E-state index contributed by atoms with van der Waals surface area (Å²) in [6, 6.07) is 0.0257. The van der Waals surface area contributed by atoms with Gasteiger partial charge in [-0.3, -0.25) is 9.59 Å². The van der Waals surface area contributed by atoms with Crippen molar-refractivity contribution in [3.8, 4) is 0 Å². The fraction of sp³-hybridized carbons (Fsp3) is 0.833. The van der Waals surface area contributed by atoms with Gasteiger partial charge in [-0.2, -0.15) is 0 Å². The number of carbonyl (C=O) groups is 2. The number of nitrogens with one attached hydrogen (secondary N) is 1. The predicted molar refractivity (Wildman–Crippen MR) is 62.6 cm³/mol. The number of aliphatic carboxylic acids is 1. The summed E-state index contributed by atoms with van der Waals surface area (Å²) >= 11 is 0. The van der Waals surface area contributed by atoms with Crippen LogP contribution in [0.25, 0.3) is 0 Å². The Labute approximate surface area is 102 Å². The highest BCUT2D eigenvalue weighted by atomic mass is 16.5. The number of carboxylic acids is 1. The molecule has 0 aliphatic carbocycles. The molecule has 98 valence electrons. The Bertz CT molecular complexity index is 280. The topological polar surface area (TPSA) is 75.6 Å². The molecule has 0 aromatic carbocycles. The number of ether oxygens (including phenoxy) is 1. The van der Waals surface area contributed by atoms with Gasteiger partial charge in [-0.15, -0.1) is 0 Å². The van der Waals surface area contributed by atoms with Gasteiger partial charge >= 0.3 is 5.97 Å². The standard InChI is InChI=1S/C12H21NO4/c1-8(4-3-5-11(14)15)13-12(16)10-6-9(2)17-7-10/h8-10H,3-7H2,1-2H3,(H,13,16)(H,14,15). The van der Waals surface area contributed by atoms with E-state index in [4.69, 9.17) is 9.84 Å². The third-order valence-corrected chi connectivity index (χ3v) is 2.99. The number of hydrogen-bond acceptors (Lipinski definition) is 3. The van der Waals surface area contributed by atoms with Gasteiger partial charge in [0.05, 0.1) is 18.6 Å². The van der Waals surface area contributed by atoms with Crippen LogP contribution in [0.2, 0.25) is 0 Å². The summed E-state index contributed by atoms with van der Waals surface area (Å²) in [5.41, 5.74) is 0. The highest BCUT2D eigenvalue weighted by Crippen LogP contribution is 2.19. The van der Waals surface area contributed by atoms with Crippen LogP contribution in [0.3, 0.4) is 0 Å². The molecule has 1 aliphatic heterocycles. The number of rotatable bonds is 6. The van der Waals surface area contributed by atoms with Crippen LogP contribution in [0.4, 0.5) is 0 Å². The maximum absolute atomic E-state index is 11.8. The molecule has 0 spiro atoms. The summed E-state index contributed by atoms with van der Waals surface area (Å²) < 4.78 is 5.34. The second-order valence-corrected chi connectivity index (χ2v) is 4.77. The van der Waals surface area contributed by atoms with Crippen LogP contribution in [0, 0.1) is 5.92 Å². The fourth-order valence-corrected chi connectivity index (χ4v) is 1.99. The molecule has 5 nitrogen and oxygen atoms in total. The first-order chi connectivity index (χ1) is 7.99. The van der Waals surface area contributed by atoms with Gasteiger partial charge in [-0.05, 0) is 33.1 Å². The highest BCUT2D eigenvalue weighted by Gasteiger charge is 2.28. The van der Waals surface area contributed by atoms with Crippen molar-refractivity contribution in [1.29, 1.82) is 0 Å². The summed E-state index contributed by atoms with van der Waals surface area (Å²) in [5.74, 6) is -0.814. The minimum absolute atomic E-state index is 0.0252. The van der Waals surface area contributed by atoms with Crippen molar-refractivity contribution in [3.05, 3.63) is 0 Å². The molecule has 0 saturated carbocycles. The van der Waals surface area contributed by atoms with Gasteiger partial charge in [-0.25, -0.2) is 0 Å². The Morgan fingerprint density at radius 2 is 2.24 bits per heavy atom. The van der Waals surface area contributed by atoms with Gasteiger partial charge < -0.3 is 15.2 Å². The molecule has 0 bridgehead atoms. The van der Waals surface area contributed by atoms with Gasteiger partial charge in [0.15, 0.2) is 0 Å². The van der Waals surface area contributed by atoms with Gasteiger partial charge in [0.25, 0.3) is 0 Å². The molecule has 3 unspecified atom stereocenters. The van der Waals surface area contributed by atoms with E-state index in [-0.39, 0.29) is 30.4 Å². The van der Waals surface area contributed by atoms with Crippen molar-refractivity contribution in [2.75, 3.05) is 6.61 Å². The van der Waals surface area contributed by atoms with Gasteiger partial charge in [0.2, 0.25) is 5.91 Å². The molecule has 17 heavy (non-hydrogen) atoms. The molecule has 1 saturated heterocycles. The lowest BCUT2D eigenvalue weighted by Crippen LogP contribution is -2.37. The first kappa shape index (κ1) is 14.0. The zero-order chi connectivity index (χ0) is 12.8. The van der Waals surface area contributed by atoms with Crippen LogP contribution in [0.1, 0.15) is 39.5 Å². The van der Waals surface area contributed by atoms with E-state index in [9.17, 15) is 9.59 Å². The number of carbonyl (C=O) groups excluding carboxylic acids is 1. The van der Waals surface area contributed by atoms with Crippen LogP contribution in [-0.2, 0) is 14.3 Å². The molecular formula is C12H21NO4. The lowest BCUT2D eigenvalue weighted by atomic mass is 10.0. The molecule has 1 amide bonds. The Balaban J connectivity index is 2.19.